The third-order valence-electron chi connectivity index (χ3n) is 3.34. The first-order chi connectivity index (χ1) is 12.0. The highest BCUT2D eigenvalue weighted by Gasteiger charge is 2.09. The number of nitrogens with two attached hydrogens (primary N) is 1. The van der Waals surface area contributed by atoms with E-state index in [1.165, 1.54) is 6.07 Å². The van der Waals surface area contributed by atoms with Gasteiger partial charge in [-0.3, -0.25) is 4.79 Å². The summed E-state index contributed by atoms with van der Waals surface area (Å²) < 4.78 is 17.1. The highest BCUT2D eigenvalue weighted by Crippen LogP contribution is 2.27. The summed E-state index contributed by atoms with van der Waals surface area (Å²) in [6.45, 7) is 0.0483. The Labute approximate surface area is 151 Å². The summed E-state index contributed by atoms with van der Waals surface area (Å²) in [7, 11) is 0. The van der Waals surface area contributed by atoms with Crippen molar-refractivity contribution < 1.29 is 18.7 Å². The monoisotopic (exact) mass is 403 g/mol. The van der Waals surface area contributed by atoms with Crippen molar-refractivity contribution in [3.63, 3.8) is 0 Å². The lowest BCUT2D eigenvalue weighted by molar-refractivity contribution is -0.119. The highest BCUT2D eigenvalue weighted by atomic mass is 79.9. The summed E-state index contributed by atoms with van der Waals surface area (Å²) in [5.41, 5.74) is 5.78. The van der Waals surface area contributed by atoms with Crippen molar-refractivity contribution in [2.24, 2.45) is 5.73 Å². The fourth-order valence-corrected chi connectivity index (χ4v) is 2.71. The first-order valence-corrected chi connectivity index (χ1v) is 8.17. The Balaban J connectivity index is 1.84. The molecule has 2 N–H and O–H groups in total. The van der Waals surface area contributed by atoms with Crippen molar-refractivity contribution in [3.8, 4) is 11.5 Å². The standard InChI is InChI=1S/C18H14BrNO5/c19-12-3-1-2-11(6-12)9-23-13-4-5-14-15(24-10-17(20)21)8-18(22)25-16(14)7-13/h1-8H,9-10H2,(H2,20,21). The van der Waals surface area contributed by atoms with Crippen LogP contribution in [-0.4, -0.2) is 12.5 Å². The molecule has 25 heavy (non-hydrogen) atoms. The van der Waals surface area contributed by atoms with E-state index in [4.69, 9.17) is 19.6 Å². The van der Waals surface area contributed by atoms with Crippen molar-refractivity contribution in [2.45, 2.75) is 6.61 Å². The van der Waals surface area contributed by atoms with Crippen LogP contribution in [0.4, 0.5) is 0 Å². The molecule has 6 nitrogen and oxygen atoms in total. The number of ether oxygens (including phenoxy) is 2. The Morgan fingerprint density at radius 2 is 1.96 bits per heavy atom. The predicted octanol–water partition coefficient (Wildman–Crippen LogP) is 3.00. The van der Waals surface area contributed by atoms with E-state index in [9.17, 15) is 9.59 Å². The number of carbonyl (C=O) groups is 1. The molecular weight excluding hydrogens is 390 g/mol. The van der Waals surface area contributed by atoms with Crippen LogP contribution >= 0.6 is 15.9 Å². The van der Waals surface area contributed by atoms with Crippen LogP contribution in [0.1, 0.15) is 5.56 Å². The molecule has 0 saturated carbocycles. The number of amides is 1. The third kappa shape index (κ3) is 4.39. The lowest BCUT2D eigenvalue weighted by Crippen LogP contribution is -2.20. The molecule has 0 aliphatic rings. The first kappa shape index (κ1) is 17.0. The van der Waals surface area contributed by atoms with E-state index in [0.29, 0.717) is 23.3 Å². The number of hydrogen-bond acceptors (Lipinski definition) is 5. The van der Waals surface area contributed by atoms with Gasteiger partial charge < -0.3 is 19.6 Å². The molecule has 128 valence electrons. The van der Waals surface area contributed by atoms with Crippen molar-refractivity contribution in [1.82, 2.24) is 0 Å². The molecular formula is C18H14BrNO5. The molecule has 0 atom stereocenters. The van der Waals surface area contributed by atoms with Crippen molar-refractivity contribution in [3.05, 3.63) is 69.0 Å². The minimum Gasteiger partial charge on any atom is -0.489 e. The van der Waals surface area contributed by atoms with Crippen LogP contribution in [0.3, 0.4) is 0 Å². The summed E-state index contributed by atoms with van der Waals surface area (Å²) in [6, 6.07) is 14.0. The van der Waals surface area contributed by atoms with Gasteiger partial charge in [-0.25, -0.2) is 4.79 Å². The lowest BCUT2D eigenvalue weighted by atomic mass is 10.2. The number of hydrogen-bond donors (Lipinski definition) is 1. The molecule has 7 heteroatoms. The molecule has 1 aromatic heterocycles. The Hall–Kier alpha value is -2.80. The molecule has 3 rings (SSSR count). The fraction of sp³-hybridized carbons (Fsp3) is 0.111. The summed E-state index contributed by atoms with van der Waals surface area (Å²) in [5.74, 6) is 0.154. The van der Waals surface area contributed by atoms with Gasteiger partial charge >= 0.3 is 5.63 Å². The largest absolute Gasteiger partial charge is 0.489 e. The first-order valence-electron chi connectivity index (χ1n) is 7.37. The zero-order valence-corrected chi connectivity index (χ0v) is 14.6. The van der Waals surface area contributed by atoms with Crippen LogP contribution in [0.5, 0.6) is 11.5 Å². The fourth-order valence-electron chi connectivity index (χ4n) is 2.26. The maximum atomic E-state index is 11.7. The van der Waals surface area contributed by atoms with Gasteiger partial charge in [0.25, 0.3) is 5.91 Å². The molecule has 0 fully saturated rings. The van der Waals surface area contributed by atoms with Crippen LogP contribution in [0.15, 0.2) is 62.2 Å². The van der Waals surface area contributed by atoms with Crippen LogP contribution < -0.4 is 20.8 Å². The maximum absolute atomic E-state index is 11.7. The average Bonchev–Trinajstić information content (AvgIpc) is 2.57. The minimum atomic E-state index is -0.629. The molecule has 1 heterocycles. The molecule has 0 aliphatic carbocycles. The van der Waals surface area contributed by atoms with E-state index in [1.54, 1.807) is 18.2 Å². The number of halogens is 1. The molecule has 0 aliphatic heterocycles. The maximum Gasteiger partial charge on any atom is 0.339 e. The number of benzene rings is 2. The quantitative estimate of drug-likeness (QED) is 0.638. The zero-order valence-electron chi connectivity index (χ0n) is 13.0. The minimum absolute atomic E-state index is 0.239. The second kappa shape index (κ2) is 7.40. The van der Waals surface area contributed by atoms with Gasteiger partial charge in [0, 0.05) is 10.5 Å². The second-order valence-corrected chi connectivity index (χ2v) is 6.18. The number of rotatable bonds is 6. The van der Waals surface area contributed by atoms with Gasteiger partial charge in [-0.1, -0.05) is 28.1 Å². The predicted molar refractivity (Wildman–Crippen MR) is 95.6 cm³/mol. The Bertz CT molecular complexity index is 983. The van der Waals surface area contributed by atoms with Crippen molar-refractivity contribution in [2.75, 3.05) is 6.61 Å². The molecule has 0 bridgehead atoms. The van der Waals surface area contributed by atoms with Gasteiger partial charge in [-0.2, -0.15) is 0 Å². The lowest BCUT2D eigenvalue weighted by Gasteiger charge is -2.09. The number of primary amides is 1. The topological polar surface area (TPSA) is 91.8 Å². The summed E-state index contributed by atoms with van der Waals surface area (Å²) in [6.07, 6.45) is 0. The van der Waals surface area contributed by atoms with E-state index >= 15 is 0 Å². The van der Waals surface area contributed by atoms with Crippen molar-refractivity contribution >= 4 is 32.8 Å². The Kier molecular flexibility index (Phi) is 5.04. The number of carbonyl (C=O) groups excluding carboxylic acids is 1. The van der Waals surface area contributed by atoms with E-state index < -0.39 is 11.5 Å². The van der Waals surface area contributed by atoms with Crippen LogP contribution in [0.25, 0.3) is 11.0 Å². The molecule has 2 aromatic carbocycles. The van der Waals surface area contributed by atoms with Gasteiger partial charge in [-0.15, -0.1) is 0 Å². The van der Waals surface area contributed by atoms with Gasteiger partial charge in [-0.05, 0) is 29.8 Å². The SMILES string of the molecule is NC(=O)COc1cc(=O)oc2cc(OCc3cccc(Br)c3)ccc12. The Morgan fingerprint density at radius 3 is 2.72 bits per heavy atom. The van der Waals surface area contributed by atoms with E-state index in [-0.39, 0.29) is 12.4 Å². The van der Waals surface area contributed by atoms with Crippen molar-refractivity contribution in [1.29, 1.82) is 0 Å². The zero-order chi connectivity index (χ0) is 17.8. The number of fused-ring (bicyclic) bond motifs is 1. The Morgan fingerprint density at radius 1 is 1.12 bits per heavy atom. The summed E-state index contributed by atoms with van der Waals surface area (Å²) >= 11 is 3.41. The van der Waals surface area contributed by atoms with Crippen LogP contribution in [0, 0.1) is 0 Å². The van der Waals surface area contributed by atoms with Gasteiger partial charge in [0.15, 0.2) is 6.61 Å². The third-order valence-corrected chi connectivity index (χ3v) is 3.84. The molecule has 0 spiro atoms. The molecule has 1 amide bonds. The molecule has 0 radical (unpaired) electrons. The van der Waals surface area contributed by atoms with E-state index in [2.05, 4.69) is 15.9 Å². The van der Waals surface area contributed by atoms with E-state index in [1.807, 2.05) is 24.3 Å². The highest BCUT2D eigenvalue weighted by molar-refractivity contribution is 9.10. The summed E-state index contributed by atoms with van der Waals surface area (Å²) in [4.78, 5) is 22.5. The molecule has 0 unspecified atom stereocenters. The smallest absolute Gasteiger partial charge is 0.339 e. The average molecular weight is 404 g/mol. The summed E-state index contributed by atoms with van der Waals surface area (Å²) in [5, 5.41) is 0.552. The van der Waals surface area contributed by atoms with E-state index in [0.717, 1.165) is 10.0 Å². The van der Waals surface area contributed by atoms with Gasteiger partial charge in [0.1, 0.15) is 23.7 Å². The van der Waals surface area contributed by atoms with Crippen LogP contribution in [0.2, 0.25) is 0 Å². The normalized spacial score (nSPS) is 10.6. The molecule has 0 saturated heterocycles. The van der Waals surface area contributed by atoms with Gasteiger partial charge in [0.05, 0.1) is 11.5 Å². The second-order valence-electron chi connectivity index (χ2n) is 5.26. The van der Waals surface area contributed by atoms with Gasteiger partial charge in [0.2, 0.25) is 0 Å². The van der Waals surface area contributed by atoms with Crippen LogP contribution in [-0.2, 0) is 11.4 Å². The molecule has 3 aromatic rings.